The lowest BCUT2D eigenvalue weighted by Crippen LogP contribution is -2.61. The van der Waals surface area contributed by atoms with E-state index >= 15 is 0 Å². The minimum atomic E-state index is -0.875. The number of carbonyl (C=O) groups excluding carboxylic acids is 3. The van der Waals surface area contributed by atoms with Gasteiger partial charge in [-0.15, -0.1) is 0 Å². The first-order valence-corrected chi connectivity index (χ1v) is 14.2. The molecule has 1 aliphatic carbocycles. The number of nitrogens with one attached hydrogen (secondary N) is 2. The Morgan fingerprint density at radius 2 is 1.82 bits per heavy atom. The lowest BCUT2D eigenvalue weighted by Gasteiger charge is -2.41. The molecule has 0 aromatic heterocycles. The van der Waals surface area contributed by atoms with E-state index in [9.17, 15) is 24.5 Å². The van der Waals surface area contributed by atoms with Crippen LogP contribution in [0.25, 0.3) is 0 Å². The van der Waals surface area contributed by atoms with Gasteiger partial charge in [-0.2, -0.15) is 0 Å². The van der Waals surface area contributed by atoms with E-state index in [4.69, 9.17) is 0 Å². The molecule has 1 heterocycles. The third kappa shape index (κ3) is 6.18. The van der Waals surface area contributed by atoms with Crippen LogP contribution in [-0.2, 0) is 33.8 Å². The number of nitrogens with zero attached hydrogens (tertiary/aromatic N) is 2. The summed E-state index contributed by atoms with van der Waals surface area (Å²) < 4.78 is 0. The SMILES string of the molecule is CC[C@@H](C)C(=O)N[C@H](C(=O)N1Cc2cc([N+](=O)[O-])ccc2C[C@H]1C(=O)NC1CCCc2ccccc21)C(C)(C)C. The van der Waals surface area contributed by atoms with Gasteiger partial charge in [0, 0.05) is 31.0 Å². The van der Waals surface area contributed by atoms with Crippen molar-refractivity contribution < 1.29 is 19.3 Å². The summed E-state index contributed by atoms with van der Waals surface area (Å²) in [5.74, 6) is -1.12. The first-order valence-electron chi connectivity index (χ1n) is 14.2. The smallest absolute Gasteiger partial charge is 0.269 e. The van der Waals surface area contributed by atoms with Crippen molar-refractivity contribution in [3.63, 3.8) is 0 Å². The third-order valence-corrected chi connectivity index (χ3v) is 8.26. The Morgan fingerprint density at radius 3 is 2.50 bits per heavy atom. The number of aryl methyl sites for hydroxylation is 1. The number of amides is 3. The molecule has 2 aromatic carbocycles. The predicted molar refractivity (Wildman–Crippen MR) is 152 cm³/mol. The largest absolute Gasteiger partial charge is 0.347 e. The molecule has 2 aliphatic rings. The normalized spacial score (nSPS) is 20.0. The molecule has 4 rings (SSSR count). The highest BCUT2D eigenvalue weighted by Gasteiger charge is 2.43. The molecule has 1 unspecified atom stereocenters. The summed E-state index contributed by atoms with van der Waals surface area (Å²) in [7, 11) is 0. The number of hydrogen-bond donors (Lipinski definition) is 2. The van der Waals surface area contributed by atoms with Crippen LogP contribution in [0.3, 0.4) is 0 Å². The molecule has 2 aromatic rings. The van der Waals surface area contributed by atoms with Gasteiger partial charge in [0.2, 0.25) is 17.7 Å². The molecule has 9 nitrogen and oxygen atoms in total. The van der Waals surface area contributed by atoms with E-state index in [0.29, 0.717) is 12.0 Å². The van der Waals surface area contributed by atoms with E-state index in [-0.39, 0.29) is 48.3 Å². The highest BCUT2D eigenvalue weighted by atomic mass is 16.6. The predicted octanol–water partition coefficient (Wildman–Crippen LogP) is 4.62. The zero-order chi connectivity index (χ0) is 29.2. The van der Waals surface area contributed by atoms with Crippen molar-refractivity contribution >= 4 is 23.4 Å². The van der Waals surface area contributed by atoms with Crippen LogP contribution in [0.2, 0.25) is 0 Å². The molecule has 0 radical (unpaired) electrons. The van der Waals surface area contributed by atoms with Gasteiger partial charge in [-0.1, -0.05) is 65.0 Å². The van der Waals surface area contributed by atoms with Crippen molar-refractivity contribution in [1.82, 2.24) is 15.5 Å². The van der Waals surface area contributed by atoms with E-state index < -0.39 is 22.4 Å². The molecule has 3 amide bonds. The summed E-state index contributed by atoms with van der Waals surface area (Å²) in [6.07, 6.45) is 3.59. The van der Waals surface area contributed by atoms with E-state index in [0.717, 1.165) is 30.4 Å². The summed E-state index contributed by atoms with van der Waals surface area (Å²) in [5.41, 5.74) is 3.05. The van der Waals surface area contributed by atoms with Gasteiger partial charge in [0.05, 0.1) is 11.0 Å². The standard InChI is InChI=1S/C31H40N4O5/c1-6-19(2)28(36)33-27(31(3,4)5)30(38)34-18-22-16-23(35(39)40)15-14-21(22)17-26(34)29(37)32-25-13-9-11-20-10-7-8-12-24(20)25/h7-8,10,12,14-16,19,25-27H,6,9,11,13,17-18H2,1-5H3,(H,32,37)(H,33,36)/t19-,25?,26+,27-/m1/s1. The average Bonchev–Trinajstić information content (AvgIpc) is 2.93. The van der Waals surface area contributed by atoms with Crippen LogP contribution < -0.4 is 10.6 Å². The maximum atomic E-state index is 14.2. The minimum Gasteiger partial charge on any atom is -0.347 e. The second-order valence-corrected chi connectivity index (χ2v) is 12.2. The van der Waals surface area contributed by atoms with Gasteiger partial charge >= 0.3 is 0 Å². The van der Waals surface area contributed by atoms with Gasteiger partial charge in [-0.3, -0.25) is 24.5 Å². The van der Waals surface area contributed by atoms with E-state index in [1.165, 1.54) is 22.6 Å². The van der Waals surface area contributed by atoms with Crippen LogP contribution >= 0.6 is 0 Å². The second kappa shape index (κ2) is 11.8. The van der Waals surface area contributed by atoms with E-state index in [1.54, 1.807) is 6.07 Å². The molecule has 0 bridgehead atoms. The zero-order valence-electron chi connectivity index (χ0n) is 24.0. The quantitative estimate of drug-likeness (QED) is 0.386. The van der Waals surface area contributed by atoms with Crippen LogP contribution in [0.1, 0.15) is 82.2 Å². The Hall–Kier alpha value is -3.75. The fraction of sp³-hybridized carbons (Fsp3) is 0.516. The molecular weight excluding hydrogens is 508 g/mol. The van der Waals surface area contributed by atoms with Gasteiger partial charge in [-0.05, 0) is 53.4 Å². The number of nitro benzene ring substituents is 1. The van der Waals surface area contributed by atoms with Gasteiger partial charge in [0.25, 0.3) is 5.69 Å². The first kappa shape index (κ1) is 29.2. The number of hydrogen-bond acceptors (Lipinski definition) is 5. The topological polar surface area (TPSA) is 122 Å². The van der Waals surface area contributed by atoms with Crippen molar-refractivity contribution in [3.8, 4) is 0 Å². The number of nitro groups is 1. The number of benzene rings is 2. The molecular formula is C31H40N4O5. The maximum Gasteiger partial charge on any atom is 0.269 e. The van der Waals surface area contributed by atoms with E-state index in [1.807, 2.05) is 52.8 Å². The molecule has 4 atom stereocenters. The fourth-order valence-corrected chi connectivity index (χ4v) is 5.61. The minimum absolute atomic E-state index is 0.0426. The number of carbonyl (C=O) groups is 3. The second-order valence-electron chi connectivity index (χ2n) is 12.2. The van der Waals surface area contributed by atoms with Gasteiger partial charge < -0.3 is 15.5 Å². The van der Waals surface area contributed by atoms with Crippen LogP contribution in [0.15, 0.2) is 42.5 Å². The highest BCUT2D eigenvalue weighted by Crippen LogP contribution is 2.33. The fourth-order valence-electron chi connectivity index (χ4n) is 5.61. The van der Waals surface area contributed by atoms with Crippen molar-refractivity contribution in [2.45, 2.75) is 91.4 Å². The van der Waals surface area contributed by atoms with E-state index in [2.05, 4.69) is 16.7 Å². The number of fused-ring (bicyclic) bond motifs is 2. The Labute approximate surface area is 235 Å². The molecule has 0 saturated heterocycles. The number of non-ortho nitro benzene ring substituents is 1. The Bertz CT molecular complexity index is 1300. The molecule has 0 fully saturated rings. The van der Waals surface area contributed by atoms with Crippen LogP contribution in [-0.4, -0.2) is 39.6 Å². The Morgan fingerprint density at radius 1 is 1.10 bits per heavy atom. The molecule has 9 heteroatoms. The monoisotopic (exact) mass is 548 g/mol. The first-order chi connectivity index (χ1) is 18.9. The van der Waals surface area contributed by atoms with Crippen molar-refractivity contribution in [3.05, 3.63) is 74.8 Å². The van der Waals surface area contributed by atoms with Gasteiger partial charge in [0.1, 0.15) is 12.1 Å². The van der Waals surface area contributed by atoms with Crippen molar-refractivity contribution in [1.29, 1.82) is 0 Å². The average molecular weight is 549 g/mol. The Balaban J connectivity index is 1.68. The summed E-state index contributed by atoms with van der Waals surface area (Å²) >= 11 is 0. The molecule has 1 aliphatic heterocycles. The molecule has 0 spiro atoms. The molecule has 0 saturated carbocycles. The van der Waals surface area contributed by atoms with Gasteiger partial charge in [-0.25, -0.2) is 0 Å². The summed E-state index contributed by atoms with van der Waals surface area (Å²) in [6.45, 7) is 9.40. The lowest BCUT2D eigenvalue weighted by atomic mass is 9.83. The van der Waals surface area contributed by atoms with Crippen molar-refractivity contribution in [2.24, 2.45) is 11.3 Å². The molecule has 40 heavy (non-hydrogen) atoms. The highest BCUT2D eigenvalue weighted by molar-refractivity contribution is 5.93. The molecule has 2 N–H and O–H groups in total. The van der Waals surface area contributed by atoms with Crippen LogP contribution in [0, 0.1) is 21.4 Å². The molecule has 214 valence electrons. The summed E-state index contributed by atoms with van der Waals surface area (Å²) in [6, 6.07) is 10.8. The lowest BCUT2D eigenvalue weighted by molar-refractivity contribution is -0.385. The summed E-state index contributed by atoms with van der Waals surface area (Å²) in [4.78, 5) is 53.5. The Kier molecular flexibility index (Phi) is 8.61. The number of rotatable bonds is 7. The van der Waals surface area contributed by atoms with Crippen LogP contribution in [0.4, 0.5) is 5.69 Å². The van der Waals surface area contributed by atoms with Gasteiger partial charge in [0.15, 0.2) is 0 Å². The third-order valence-electron chi connectivity index (χ3n) is 8.26. The summed E-state index contributed by atoms with van der Waals surface area (Å²) in [5, 5.41) is 17.6. The van der Waals surface area contributed by atoms with Crippen molar-refractivity contribution in [2.75, 3.05) is 0 Å². The van der Waals surface area contributed by atoms with Crippen LogP contribution in [0.5, 0.6) is 0 Å². The zero-order valence-corrected chi connectivity index (χ0v) is 24.0. The maximum absolute atomic E-state index is 14.2.